The van der Waals surface area contributed by atoms with E-state index < -0.39 is 20.0 Å². The molecule has 0 aromatic rings. The van der Waals surface area contributed by atoms with Crippen LogP contribution in [0.2, 0.25) is 0 Å². The molecule has 10 heteroatoms. The van der Waals surface area contributed by atoms with Gasteiger partial charge in [0, 0.05) is 12.8 Å². The number of nitrogens with one attached hydrogen (secondary N) is 1. The van der Waals surface area contributed by atoms with Crippen molar-refractivity contribution >= 4 is 19.7 Å². The minimum Gasteiger partial charge on any atom is -0.456 e. The van der Waals surface area contributed by atoms with Gasteiger partial charge in [0.1, 0.15) is 19.3 Å². The Morgan fingerprint density at radius 3 is 1.29 bits per heavy atom. The molecule has 3 atom stereocenters. The zero-order valence-corrected chi connectivity index (χ0v) is 49.1. The van der Waals surface area contributed by atoms with Crippen molar-refractivity contribution in [1.29, 1.82) is 0 Å². The van der Waals surface area contributed by atoms with E-state index in [2.05, 4.69) is 62.5 Å². The summed E-state index contributed by atoms with van der Waals surface area (Å²) in [5.74, 6) is -0.514. The second-order valence-corrected chi connectivity index (χ2v) is 23.4. The molecule has 0 heterocycles. The van der Waals surface area contributed by atoms with Crippen LogP contribution in [0, 0.1) is 0 Å². The number of carbonyl (C=O) groups excluding carboxylic acids is 2. The van der Waals surface area contributed by atoms with Crippen LogP contribution in [0.4, 0.5) is 0 Å². The number of phosphoric ester groups is 1. The molecule has 0 aliphatic heterocycles. The van der Waals surface area contributed by atoms with Gasteiger partial charge >= 0.3 is 13.8 Å². The van der Waals surface area contributed by atoms with Crippen LogP contribution in [0.15, 0.2) is 48.6 Å². The number of phosphoric acid groups is 1. The second-order valence-electron chi connectivity index (χ2n) is 21.9. The minimum absolute atomic E-state index is 0.0377. The third-order valence-electron chi connectivity index (χ3n) is 13.5. The van der Waals surface area contributed by atoms with Crippen LogP contribution in [0.25, 0.3) is 0 Å². The first-order chi connectivity index (χ1) is 34.9. The highest BCUT2D eigenvalue weighted by molar-refractivity contribution is 7.47. The number of rotatable bonds is 55. The molecule has 0 aromatic heterocycles. The van der Waals surface area contributed by atoms with Crippen molar-refractivity contribution in [3.63, 3.8) is 0 Å². The highest BCUT2D eigenvalue weighted by Gasteiger charge is 2.30. The molecule has 72 heavy (non-hydrogen) atoms. The van der Waals surface area contributed by atoms with Crippen LogP contribution < -0.4 is 5.32 Å². The standard InChI is InChI=1S/C62H117N2O7P/c1-7-10-13-16-19-22-25-28-30-31-32-33-35-37-40-43-46-49-52-55-62(66)71-60(53-50-47-44-41-38-27-24-21-18-15-12-9-3)59(58-70-72(67,68)69-57-56-64(4,5)6)63-61(65)54-51-48-45-42-39-36-34-29-26-23-20-17-14-11-8-2/h20,23,26,28-30,50,53,59-60H,7-19,21-22,24-25,27,31-49,51-52,54-58H2,1-6H3,(H-,63,65,67,68)/p+1/b23-20+,29-26+,30-28+,53-50+. The third-order valence-corrected chi connectivity index (χ3v) is 14.5. The summed E-state index contributed by atoms with van der Waals surface area (Å²) in [7, 11) is 1.49. The minimum atomic E-state index is -4.45. The van der Waals surface area contributed by atoms with Gasteiger partial charge in [-0.3, -0.25) is 18.6 Å². The van der Waals surface area contributed by atoms with Gasteiger partial charge in [-0.05, 0) is 83.1 Å². The summed E-state index contributed by atoms with van der Waals surface area (Å²) < 4.78 is 30.7. The molecule has 422 valence electrons. The van der Waals surface area contributed by atoms with Crippen molar-refractivity contribution < 1.29 is 37.3 Å². The van der Waals surface area contributed by atoms with E-state index in [4.69, 9.17) is 13.8 Å². The molecular weight excluding hydrogens is 916 g/mol. The van der Waals surface area contributed by atoms with Gasteiger partial charge in [-0.15, -0.1) is 0 Å². The molecule has 0 aliphatic carbocycles. The summed E-state index contributed by atoms with van der Waals surface area (Å²) in [6, 6.07) is -0.853. The molecule has 0 saturated carbocycles. The quantitative estimate of drug-likeness (QED) is 0.0156. The SMILES string of the molecule is CCCCC/C=C/C=C/CCCCCCCCC(=O)NC(COP(=O)(O)OCC[N+](C)(C)C)C(/C=C/CCCCCCCCCCCC)OC(=O)CCCCCCCCCCC/C=C/CCCCCCCC. The van der Waals surface area contributed by atoms with Crippen molar-refractivity contribution in [3.05, 3.63) is 48.6 Å². The molecule has 0 fully saturated rings. The van der Waals surface area contributed by atoms with E-state index in [9.17, 15) is 19.0 Å². The zero-order chi connectivity index (χ0) is 52.9. The van der Waals surface area contributed by atoms with E-state index >= 15 is 0 Å². The van der Waals surface area contributed by atoms with Crippen LogP contribution in [-0.4, -0.2) is 74.3 Å². The van der Waals surface area contributed by atoms with Crippen LogP contribution in [0.1, 0.15) is 284 Å². The van der Waals surface area contributed by atoms with Crippen LogP contribution >= 0.6 is 7.82 Å². The smallest absolute Gasteiger partial charge is 0.456 e. The first-order valence-corrected chi connectivity index (χ1v) is 32.0. The lowest BCUT2D eigenvalue weighted by molar-refractivity contribution is -0.870. The highest BCUT2D eigenvalue weighted by Crippen LogP contribution is 2.43. The maximum absolute atomic E-state index is 13.5. The Morgan fingerprint density at radius 1 is 0.486 bits per heavy atom. The Bertz CT molecular complexity index is 1380. The molecule has 0 saturated heterocycles. The molecule has 0 spiro atoms. The summed E-state index contributed by atoms with van der Waals surface area (Å²) in [6.07, 6.45) is 63.8. The van der Waals surface area contributed by atoms with Crippen molar-refractivity contribution in [1.82, 2.24) is 5.32 Å². The zero-order valence-electron chi connectivity index (χ0n) is 48.2. The number of nitrogens with zero attached hydrogens (tertiary/aromatic N) is 1. The summed E-state index contributed by atoms with van der Waals surface area (Å²) in [4.78, 5) is 37.6. The van der Waals surface area contributed by atoms with Gasteiger partial charge < -0.3 is 19.4 Å². The van der Waals surface area contributed by atoms with Gasteiger partial charge in [0.2, 0.25) is 5.91 Å². The fraction of sp³-hybridized carbons (Fsp3) is 0.839. The lowest BCUT2D eigenvalue weighted by atomic mass is 10.0. The number of allylic oxidation sites excluding steroid dienone is 7. The first-order valence-electron chi connectivity index (χ1n) is 30.5. The molecule has 1 amide bonds. The molecule has 0 bridgehead atoms. The fourth-order valence-corrected chi connectivity index (χ4v) is 9.49. The number of hydrogen-bond acceptors (Lipinski definition) is 6. The van der Waals surface area contributed by atoms with Gasteiger partial charge in [0.15, 0.2) is 0 Å². The number of likely N-dealkylation sites (N-methyl/N-ethyl adjacent to an activating group) is 1. The average Bonchev–Trinajstić information content (AvgIpc) is 3.34. The predicted octanol–water partition coefficient (Wildman–Crippen LogP) is 18.5. The molecule has 9 nitrogen and oxygen atoms in total. The van der Waals surface area contributed by atoms with E-state index in [0.717, 1.165) is 77.0 Å². The average molecular weight is 1030 g/mol. The Balaban J connectivity index is 5.28. The Morgan fingerprint density at radius 2 is 0.847 bits per heavy atom. The number of carbonyl (C=O) groups is 2. The normalized spacial score (nSPS) is 14.0. The number of esters is 1. The van der Waals surface area contributed by atoms with E-state index in [-0.39, 0.29) is 31.5 Å². The molecule has 0 rings (SSSR count). The van der Waals surface area contributed by atoms with Crippen LogP contribution in [-0.2, 0) is 27.9 Å². The Kier molecular flexibility index (Phi) is 50.9. The van der Waals surface area contributed by atoms with Crippen molar-refractivity contribution in [3.8, 4) is 0 Å². The molecule has 0 radical (unpaired) electrons. The number of hydrogen-bond donors (Lipinski definition) is 2. The lowest BCUT2D eigenvalue weighted by Crippen LogP contribution is -2.47. The predicted molar refractivity (Wildman–Crippen MR) is 309 cm³/mol. The fourth-order valence-electron chi connectivity index (χ4n) is 8.75. The largest absolute Gasteiger partial charge is 0.472 e. The molecule has 0 aliphatic rings. The summed E-state index contributed by atoms with van der Waals surface area (Å²) in [5.41, 5.74) is 0. The van der Waals surface area contributed by atoms with E-state index in [1.54, 1.807) is 0 Å². The first kappa shape index (κ1) is 70.0. The van der Waals surface area contributed by atoms with Crippen molar-refractivity contribution in [2.75, 3.05) is 40.9 Å². The maximum Gasteiger partial charge on any atom is 0.472 e. The van der Waals surface area contributed by atoms with Crippen LogP contribution in [0.5, 0.6) is 0 Å². The monoisotopic (exact) mass is 1030 g/mol. The van der Waals surface area contributed by atoms with E-state index in [1.807, 2.05) is 33.3 Å². The van der Waals surface area contributed by atoms with E-state index in [1.165, 1.54) is 173 Å². The van der Waals surface area contributed by atoms with Gasteiger partial charge in [-0.1, -0.05) is 237 Å². The van der Waals surface area contributed by atoms with E-state index in [0.29, 0.717) is 17.4 Å². The Hall–Kier alpha value is -2.03. The lowest BCUT2D eigenvalue weighted by Gasteiger charge is -2.27. The van der Waals surface area contributed by atoms with Gasteiger partial charge in [-0.25, -0.2) is 4.57 Å². The molecule has 3 unspecified atom stereocenters. The number of amides is 1. The highest BCUT2D eigenvalue weighted by atomic mass is 31.2. The summed E-state index contributed by atoms with van der Waals surface area (Å²) >= 11 is 0. The number of ether oxygens (including phenoxy) is 1. The summed E-state index contributed by atoms with van der Waals surface area (Å²) in [5, 5.41) is 3.05. The van der Waals surface area contributed by atoms with Gasteiger partial charge in [-0.2, -0.15) is 0 Å². The second kappa shape index (κ2) is 52.4. The third kappa shape index (κ3) is 52.8. The Labute approximate surface area is 446 Å². The van der Waals surface area contributed by atoms with Crippen molar-refractivity contribution in [2.24, 2.45) is 0 Å². The topological polar surface area (TPSA) is 111 Å². The number of unbranched alkanes of at least 4 members (excludes halogenated alkanes) is 34. The van der Waals surface area contributed by atoms with Gasteiger partial charge in [0.05, 0.1) is 33.8 Å². The molecular formula is C62H118N2O7P+. The van der Waals surface area contributed by atoms with Gasteiger partial charge in [0.25, 0.3) is 0 Å². The molecule has 0 aromatic carbocycles. The maximum atomic E-state index is 13.5. The molecule has 2 N–H and O–H groups in total. The van der Waals surface area contributed by atoms with Crippen LogP contribution in [0.3, 0.4) is 0 Å². The van der Waals surface area contributed by atoms with Crippen molar-refractivity contribution in [2.45, 2.75) is 296 Å². The summed E-state index contributed by atoms with van der Waals surface area (Å²) in [6.45, 7) is 6.98. The number of quaternary nitrogens is 1.